The minimum atomic E-state index is -0.123. The van der Waals surface area contributed by atoms with E-state index in [1.54, 1.807) is 25.3 Å². The summed E-state index contributed by atoms with van der Waals surface area (Å²) >= 11 is 5.84. The third-order valence-corrected chi connectivity index (χ3v) is 3.79. The summed E-state index contributed by atoms with van der Waals surface area (Å²) in [5.74, 6) is 0.681. The summed E-state index contributed by atoms with van der Waals surface area (Å²) in [6, 6.07) is 15.0. The number of rotatable bonds is 6. The maximum absolute atomic E-state index is 12.1. The molecule has 2 aromatic rings. The fraction of sp³-hybridized carbons (Fsp3) is 0.211. The van der Waals surface area contributed by atoms with Crippen molar-refractivity contribution in [3.8, 4) is 5.75 Å². The first-order valence-electron chi connectivity index (χ1n) is 7.50. The van der Waals surface area contributed by atoms with Crippen molar-refractivity contribution in [3.63, 3.8) is 0 Å². The van der Waals surface area contributed by atoms with Gasteiger partial charge in [0, 0.05) is 11.1 Å². The van der Waals surface area contributed by atoms with E-state index in [2.05, 4.69) is 5.32 Å². The summed E-state index contributed by atoms with van der Waals surface area (Å²) in [6.07, 6.45) is 4.12. The van der Waals surface area contributed by atoms with E-state index in [9.17, 15) is 4.79 Å². The van der Waals surface area contributed by atoms with Gasteiger partial charge in [0.2, 0.25) is 5.91 Å². The molecule has 0 heterocycles. The van der Waals surface area contributed by atoms with Gasteiger partial charge in [0.25, 0.3) is 0 Å². The van der Waals surface area contributed by atoms with Crippen LogP contribution >= 0.6 is 11.6 Å². The molecule has 0 aliphatic heterocycles. The Labute approximate surface area is 141 Å². The van der Waals surface area contributed by atoms with Crippen molar-refractivity contribution in [2.75, 3.05) is 7.11 Å². The zero-order chi connectivity index (χ0) is 16.7. The highest BCUT2D eigenvalue weighted by Gasteiger charge is 2.11. The molecule has 1 unspecified atom stereocenters. The van der Waals surface area contributed by atoms with E-state index in [4.69, 9.17) is 16.3 Å². The van der Waals surface area contributed by atoms with Crippen LogP contribution in [0.3, 0.4) is 0 Å². The molecule has 0 saturated heterocycles. The molecule has 23 heavy (non-hydrogen) atoms. The molecule has 0 aliphatic carbocycles. The number of ether oxygens (including phenoxy) is 1. The van der Waals surface area contributed by atoms with E-state index < -0.39 is 0 Å². The van der Waals surface area contributed by atoms with Crippen molar-refractivity contribution >= 4 is 23.6 Å². The lowest BCUT2D eigenvalue weighted by Crippen LogP contribution is -2.26. The molecular formula is C19H20ClNO2. The molecule has 4 heteroatoms. The Bertz CT molecular complexity index is 663. The topological polar surface area (TPSA) is 38.3 Å². The van der Waals surface area contributed by atoms with Gasteiger partial charge in [0.05, 0.1) is 13.2 Å². The summed E-state index contributed by atoms with van der Waals surface area (Å²) in [6.45, 7) is 2.04. The average Bonchev–Trinajstić information content (AvgIpc) is 2.59. The third-order valence-electron chi connectivity index (χ3n) is 3.54. The Morgan fingerprint density at radius 3 is 2.39 bits per heavy atom. The molecule has 0 aromatic heterocycles. The van der Waals surface area contributed by atoms with E-state index in [1.807, 2.05) is 43.3 Å². The fourth-order valence-electron chi connectivity index (χ4n) is 2.22. The van der Waals surface area contributed by atoms with Crippen molar-refractivity contribution in [2.45, 2.75) is 19.4 Å². The lowest BCUT2D eigenvalue weighted by atomic mass is 10.0. The van der Waals surface area contributed by atoms with Crippen LogP contribution in [0.15, 0.2) is 54.6 Å². The number of benzene rings is 2. The number of carbonyl (C=O) groups is 1. The van der Waals surface area contributed by atoms with Crippen LogP contribution in [0, 0.1) is 0 Å². The highest BCUT2D eigenvalue weighted by molar-refractivity contribution is 6.30. The van der Waals surface area contributed by atoms with Crippen molar-refractivity contribution in [1.29, 1.82) is 0 Å². The predicted octanol–water partition coefficient (Wildman–Crippen LogP) is 4.63. The maximum atomic E-state index is 12.1. The molecule has 0 bridgehead atoms. The number of carbonyl (C=O) groups excluding carboxylic acids is 1. The molecule has 3 nitrogen and oxygen atoms in total. The molecule has 0 aliphatic rings. The third kappa shape index (κ3) is 5.15. The summed E-state index contributed by atoms with van der Waals surface area (Å²) in [4.78, 5) is 12.1. The number of methoxy groups -OCH3 is 1. The minimum Gasteiger partial charge on any atom is -0.497 e. The smallest absolute Gasteiger partial charge is 0.244 e. The summed E-state index contributed by atoms with van der Waals surface area (Å²) in [5, 5.41) is 3.69. The van der Waals surface area contributed by atoms with Crippen LogP contribution < -0.4 is 10.1 Å². The summed E-state index contributed by atoms with van der Waals surface area (Å²) < 4.78 is 5.15. The predicted molar refractivity (Wildman–Crippen MR) is 94.7 cm³/mol. The average molecular weight is 330 g/mol. The largest absolute Gasteiger partial charge is 0.497 e. The van der Waals surface area contributed by atoms with Gasteiger partial charge in [0.15, 0.2) is 0 Å². The molecule has 120 valence electrons. The van der Waals surface area contributed by atoms with Crippen molar-refractivity contribution in [3.05, 3.63) is 70.8 Å². The Morgan fingerprint density at radius 2 is 1.83 bits per heavy atom. The quantitative estimate of drug-likeness (QED) is 0.785. The minimum absolute atomic E-state index is 0.0247. The SMILES string of the molecule is CCC(NC(=O)/C=C/c1ccc(Cl)cc1)c1ccc(OC)cc1. The number of amides is 1. The van der Waals surface area contributed by atoms with Gasteiger partial charge >= 0.3 is 0 Å². The molecule has 0 radical (unpaired) electrons. The summed E-state index contributed by atoms with van der Waals surface area (Å²) in [7, 11) is 1.63. The van der Waals surface area contributed by atoms with Crippen LogP contribution in [-0.2, 0) is 4.79 Å². The monoisotopic (exact) mass is 329 g/mol. The maximum Gasteiger partial charge on any atom is 0.244 e. The van der Waals surface area contributed by atoms with E-state index in [0.717, 1.165) is 23.3 Å². The molecule has 2 rings (SSSR count). The standard InChI is InChI=1S/C19H20ClNO2/c1-3-18(15-7-11-17(23-2)12-8-15)21-19(22)13-6-14-4-9-16(20)10-5-14/h4-13,18H,3H2,1-2H3,(H,21,22)/b13-6+. The molecule has 1 amide bonds. The van der Waals surface area contributed by atoms with E-state index in [0.29, 0.717) is 5.02 Å². The highest BCUT2D eigenvalue weighted by Crippen LogP contribution is 2.20. The van der Waals surface area contributed by atoms with Gasteiger partial charge < -0.3 is 10.1 Å². The Morgan fingerprint density at radius 1 is 1.17 bits per heavy atom. The van der Waals surface area contributed by atoms with Gasteiger partial charge in [-0.3, -0.25) is 4.79 Å². The normalized spacial score (nSPS) is 12.1. The second-order valence-electron chi connectivity index (χ2n) is 5.13. The second-order valence-corrected chi connectivity index (χ2v) is 5.56. The lowest BCUT2D eigenvalue weighted by molar-refractivity contribution is -0.117. The van der Waals surface area contributed by atoms with E-state index in [-0.39, 0.29) is 11.9 Å². The van der Waals surface area contributed by atoms with Crippen LogP contribution in [0.25, 0.3) is 6.08 Å². The Kier molecular flexibility index (Phi) is 6.24. The first-order chi connectivity index (χ1) is 11.1. The van der Waals surface area contributed by atoms with Gasteiger partial charge in [-0.2, -0.15) is 0 Å². The first-order valence-corrected chi connectivity index (χ1v) is 7.88. The van der Waals surface area contributed by atoms with Crippen LogP contribution in [-0.4, -0.2) is 13.0 Å². The molecule has 1 atom stereocenters. The molecule has 1 N–H and O–H groups in total. The van der Waals surface area contributed by atoms with Gasteiger partial charge in [-0.25, -0.2) is 0 Å². The van der Waals surface area contributed by atoms with Crippen molar-refractivity contribution < 1.29 is 9.53 Å². The number of hydrogen-bond acceptors (Lipinski definition) is 2. The molecule has 0 saturated carbocycles. The van der Waals surface area contributed by atoms with E-state index in [1.165, 1.54) is 6.08 Å². The zero-order valence-corrected chi connectivity index (χ0v) is 14.0. The lowest BCUT2D eigenvalue weighted by Gasteiger charge is -2.16. The van der Waals surface area contributed by atoms with Crippen molar-refractivity contribution in [1.82, 2.24) is 5.32 Å². The molecular weight excluding hydrogens is 310 g/mol. The Hall–Kier alpha value is -2.26. The second kappa shape index (κ2) is 8.39. The molecule has 2 aromatic carbocycles. The Balaban J connectivity index is 1.99. The highest BCUT2D eigenvalue weighted by atomic mass is 35.5. The van der Waals surface area contributed by atoms with E-state index >= 15 is 0 Å². The number of hydrogen-bond donors (Lipinski definition) is 1. The zero-order valence-electron chi connectivity index (χ0n) is 13.3. The molecule has 0 spiro atoms. The first kappa shape index (κ1) is 17.1. The van der Waals surface area contributed by atoms with Crippen molar-refractivity contribution in [2.24, 2.45) is 0 Å². The number of halogens is 1. The molecule has 0 fully saturated rings. The number of nitrogens with one attached hydrogen (secondary N) is 1. The van der Waals surface area contributed by atoms with Gasteiger partial charge in [0.1, 0.15) is 5.75 Å². The van der Waals surface area contributed by atoms with Crippen LogP contribution in [0.2, 0.25) is 5.02 Å². The van der Waals surface area contributed by atoms with Gasteiger partial charge in [-0.15, -0.1) is 0 Å². The van der Waals surface area contributed by atoms with Crippen LogP contribution in [0.5, 0.6) is 5.75 Å². The van der Waals surface area contributed by atoms with Crippen LogP contribution in [0.1, 0.15) is 30.5 Å². The van der Waals surface area contributed by atoms with Crippen LogP contribution in [0.4, 0.5) is 0 Å². The van der Waals surface area contributed by atoms with Gasteiger partial charge in [-0.05, 0) is 47.9 Å². The summed E-state index contributed by atoms with van der Waals surface area (Å²) in [5.41, 5.74) is 1.99. The van der Waals surface area contributed by atoms with Gasteiger partial charge in [-0.1, -0.05) is 42.8 Å². The fourth-order valence-corrected chi connectivity index (χ4v) is 2.35.